The first kappa shape index (κ1) is 14.0. The van der Waals surface area contributed by atoms with E-state index in [4.69, 9.17) is 0 Å². The standard InChI is InChI=1S/C13H18BrNO2S/c1-10-2-3-11(8-10)9-15-18(16,17)13-6-4-12(14)5-7-13/h4-7,10-11,15H,2-3,8-9H2,1H3. The maximum atomic E-state index is 12.1. The molecule has 0 amide bonds. The van der Waals surface area contributed by atoms with E-state index in [1.165, 1.54) is 6.42 Å². The Balaban J connectivity index is 1.97. The van der Waals surface area contributed by atoms with Crippen molar-refractivity contribution in [2.24, 2.45) is 11.8 Å². The minimum absolute atomic E-state index is 0.330. The Labute approximate surface area is 117 Å². The van der Waals surface area contributed by atoms with E-state index in [1.54, 1.807) is 24.3 Å². The van der Waals surface area contributed by atoms with Gasteiger partial charge in [0.2, 0.25) is 10.0 Å². The molecule has 2 atom stereocenters. The Morgan fingerprint density at radius 2 is 1.94 bits per heavy atom. The number of rotatable bonds is 4. The van der Waals surface area contributed by atoms with Crippen molar-refractivity contribution in [3.8, 4) is 0 Å². The summed E-state index contributed by atoms with van der Waals surface area (Å²) in [6, 6.07) is 6.71. The molecule has 0 saturated heterocycles. The molecule has 100 valence electrons. The molecule has 1 aliphatic rings. The molecule has 0 aliphatic heterocycles. The van der Waals surface area contributed by atoms with E-state index >= 15 is 0 Å². The third kappa shape index (κ3) is 3.56. The lowest BCUT2D eigenvalue weighted by Crippen LogP contribution is -2.28. The summed E-state index contributed by atoms with van der Waals surface area (Å²) in [7, 11) is -3.35. The molecule has 1 saturated carbocycles. The second-order valence-electron chi connectivity index (χ2n) is 5.09. The van der Waals surface area contributed by atoms with Crippen molar-refractivity contribution in [2.75, 3.05) is 6.54 Å². The largest absolute Gasteiger partial charge is 0.240 e. The van der Waals surface area contributed by atoms with Crippen LogP contribution < -0.4 is 4.72 Å². The fourth-order valence-electron chi connectivity index (χ4n) is 2.43. The highest BCUT2D eigenvalue weighted by Crippen LogP contribution is 2.29. The molecule has 1 aromatic rings. The Morgan fingerprint density at radius 1 is 1.28 bits per heavy atom. The van der Waals surface area contributed by atoms with Gasteiger partial charge in [-0.25, -0.2) is 13.1 Å². The summed E-state index contributed by atoms with van der Waals surface area (Å²) in [4.78, 5) is 0.330. The maximum Gasteiger partial charge on any atom is 0.240 e. The molecule has 5 heteroatoms. The minimum Gasteiger partial charge on any atom is -0.211 e. The van der Waals surface area contributed by atoms with Gasteiger partial charge in [-0.2, -0.15) is 0 Å². The lowest BCUT2D eigenvalue weighted by Gasteiger charge is -2.11. The van der Waals surface area contributed by atoms with E-state index in [9.17, 15) is 8.42 Å². The number of hydrogen-bond acceptors (Lipinski definition) is 2. The predicted molar refractivity (Wildman–Crippen MR) is 75.8 cm³/mol. The molecule has 1 aromatic carbocycles. The smallest absolute Gasteiger partial charge is 0.211 e. The average Bonchev–Trinajstić information content (AvgIpc) is 2.73. The molecule has 1 N–H and O–H groups in total. The summed E-state index contributed by atoms with van der Waals surface area (Å²) in [6.45, 7) is 2.78. The molecule has 0 spiro atoms. The molecule has 2 rings (SSSR count). The van der Waals surface area contributed by atoms with E-state index in [0.717, 1.165) is 23.2 Å². The van der Waals surface area contributed by atoms with Crippen molar-refractivity contribution in [1.29, 1.82) is 0 Å². The van der Waals surface area contributed by atoms with E-state index in [0.29, 0.717) is 17.4 Å². The predicted octanol–water partition coefficient (Wildman–Crippen LogP) is 3.16. The molecule has 0 bridgehead atoms. The highest BCUT2D eigenvalue weighted by molar-refractivity contribution is 9.10. The molecular weight excluding hydrogens is 314 g/mol. The van der Waals surface area contributed by atoms with Crippen molar-refractivity contribution in [3.05, 3.63) is 28.7 Å². The van der Waals surface area contributed by atoms with Crippen molar-refractivity contribution in [1.82, 2.24) is 4.72 Å². The molecule has 0 heterocycles. The van der Waals surface area contributed by atoms with Gasteiger partial charge in [-0.05, 0) is 48.9 Å². The van der Waals surface area contributed by atoms with Gasteiger partial charge in [-0.1, -0.05) is 29.3 Å². The van der Waals surface area contributed by atoms with Crippen LogP contribution in [0.15, 0.2) is 33.6 Å². The Bertz CT molecular complexity index is 498. The zero-order chi connectivity index (χ0) is 13.2. The molecular formula is C13H18BrNO2S. The monoisotopic (exact) mass is 331 g/mol. The molecule has 2 unspecified atom stereocenters. The van der Waals surface area contributed by atoms with Crippen LogP contribution in [0.2, 0.25) is 0 Å². The topological polar surface area (TPSA) is 46.2 Å². The van der Waals surface area contributed by atoms with Crippen molar-refractivity contribution >= 4 is 26.0 Å². The summed E-state index contributed by atoms with van der Waals surface area (Å²) in [6.07, 6.45) is 3.47. The van der Waals surface area contributed by atoms with Gasteiger partial charge in [-0.3, -0.25) is 0 Å². The second kappa shape index (κ2) is 5.72. The van der Waals surface area contributed by atoms with Crippen LogP contribution in [-0.4, -0.2) is 15.0 Å². The van der Waals surface area contributed by atoms with Crippen LogP contribution in [0.4, 0.5) is 0 Å². The van der Waals surface area contributed by atoms with Crippen LogP contribution in [0.5, 0.6) is 0 Å². The van der Waals surface area contributed by atoms with Gasteiger partial charge < -0.3 is 0 Å². The number of hydrogen-bond donors (Lipinski definition) is 1. The summed E-state index contributed by atoms with van der Waals surface area (Å²) in [5.41, 5.74) is 0. The fourth-order valence-corrected chi connectivity index (χ4v) is 3.82. The van der Waals surface area contributed by atoms with Crippen molar-refractivity contribution < 1.29 is 8.42 Å². The van der Waals surface area contributed by atoms with Crippen LogP contribution in [0.3, 0.4) is 0 Å². The zero-order valence-corrected chi connectivity index (χ0v) is 12.8. The lowest BCUT2D eigenvalue weighted by atomic mass is 10.1. The zero-order valence-electron chi connectivity index (χ0n) is 10.4. The summed E-state index contributed by atoms with van der Waals surface area (Å²) >= 11 is 3.30. The molecule has 3 nitrogen and oxygen atoms in total. The van der Waals surface area contributed by atoms with Gasteiger partial charge in [0.25, 0.3) is 0 Å². The SMILES string of the molecule is CC1CCC(CNS(=O)(=O)c2ccc(Br)cc2)C1. The van der Waals surface area contributed by atoms with Gasteiger partial charge in [0, 0.05) is 11.0 Å². The normalized spacial score (nSPS) is 24.3. The summed E-state index contributed by atoms with van der Waals surface area (Å²) in [5, 5.41) is 0. The Hall–Kier alpha value is -0.390. The van der Waals surface area contributed by atoms with E-state index < -0.39 is 10.0 Å². The first-order valence-electron chi connectivity index (χ1n) is 6.22. The van der Waals surface area contributed by atoms with Crippen LogP contribution in [0.1, 0.15) is 26.2 Å². The quantitative estimate of drug-likeness (QED) is 0.921. The van der Waals surface area contributed by atoms with Crippen LogP contribution in [0.25, 0.3) is 0 Å². The highest BCUT2D eigenvalue weighted by atomic mass is 79.9. The van der Waals surface area contributed by atoms with E-state index in [-0.39, 0.29) is 0 Å². The summed E-state index contributed by atoms with van der Waals surface area (Å²) < 4.78 is 27.7. The minimum atomic E-state index is -3.35. The number of nitrogens with one attached hydrogen (secondary N) is 1. The van der Waals surface area contributed by atoms with Gasteiger partial charge >= 0.3 is 0 Å². The third-order valence-electron chi connectivity index (χ3n) is 3.49. The van der Waals surface area contributed by atoms with Crippen LogP contribution in [0, 0.1) is 11.8 Å². The first-order valence-corrected chi connectivity index (χ1v) is 8.50. The summed E-state index contributed by atoms with van der Waals surface area (Å²) in [5.74, 6) is 1.22. The number of halogens is 1. The molecule has 0 aromatic heterocycles. The molecule has 1 aliphatic carbocycles. The number of benzene rings is 1. The van der Waals surface area contributed by atoms with Crippen LogP contribution in [-0.2, 0) is 10.0 Å². The van der Waals surface area contributed by atoms with Gasteiger partial charge in [0.1, 0.15) is 0 Å². The van der Waals surface area contributed by atoms with E-state index in [2.05, 4.69) is 27.6 Å². The Morgan fingerprint density at radius 3 is 2.50 bits per heavy atom. The second-order valence-corrected chi connectivity index (χ2v) is 7.77. The average molecular weight is 332 g/mol. The molecule has 0 radical (unpaired) electrons. The Kier molecular flexibility index (Phi) is 4.45. The first-order chi connectivity index (χ1) is 8.47. The van der Waals surface area contributed by atoms with Crippen molar-refractivity contribution in [2.45, 2.75) is 31.1 Å². The number of sulfonamides is 1. The van der Waals surface area contributed by atoms with Gasteiger partial charge in [-0.15, -0.1) is 0 Å². The van der Waals surface area contributed by atoms with Crippen LogP contribution >= 0.6 is 15.9 Å². The van der Waals surface area contributed by atoms with E-state index in [1.807, 2.05) is 0 Å². The van der Waals surface area contributed by atoms with Gasteiger partial charge in [0.05, 0.1) is 4.90 Å². The van der Waals surface area contributed by atoms with Gasteiger partial charge in [0.15, 0.2) is 0 Å². The molecule has 18 heavy (non-hydrogen) atoms. The third-order valence-corrected chi connectivity index (χ3v) is 5.46. The highest BCUT2D eigenvalue weighted by Gasteiger charge is 2.23. The lowest BCUT2D eigenvalue weighted by molar-refractivity contribution is 0.498. The van der Waals surface area contributed by atoms with Crippen molar-refractivity contribution in [3.63, 3.8) is 0 Å². The molecule has 1 fully saturated rings. The maximum absolute atomic E-state index is 12.1. The fraction of sp³-hybridized carbons (Fsp3) is 0.538.